The van der Waals surface area contributed by atoms with Crippen LogP contribution in [0.3, 0.4) is 0 Å². The Balaban J connectivity index is 2.06. The average Bonchev–Trinajstić information content (AvgIpc) is 2.63. The maximum atomic E-state index is 10.8. The third kappa shape index (κ3) is 3.80. The molecule has 0 spiro atoms. The minimum Gasteiger partial charge on any atom is -0.481 e. The van der Waals surface area contributed by atoms with E-state index in [4.69, 9.17) is 9.84 Å². The molecule has 1 saturated heterocycles. The Labute approximate surface area is 118 Å². The van der Waals surface area contributed by atoms with E-state index in [9.17, 15) is 4.79 Å². The van der Waals surface area contributed by atoms with Crippen LogP contribution < -0.4 is 9.64 Å². The first kappa shape index (κ1) is 14.5. The Morgan fingerprint density at radius 2 is 2.15 bits per heavy atom. The molecule has 0 saturated carbocycles. The molecule has 1 aromatic heterocycles. The Morgan fingerprint density at radius 3 is 2.85 bits per heavy atom. The molecule has 1 aliphatic heterocycles. The van der Waals surface area contributed by atoms with Crippen LogP contribution >= 0.6 is 0 Å². The minimum atomic E-state index is -0.785. The Hall–Kier alpha value is -1.89. The lowest BCUT2D eigenvalue weighted by atomic mass is 10.4. The van der Waals surface area contributed by atoms with Crippen molar-refractivity contribution in [1.29, 1.82) is 0 Å². The molecule has 0 radical (unpaired) electrons. The predicted molar refractivity (Wildman–Crippen MR) is 74.2 cm³/mol. The van der Waals surface area contributed by atoms with Gasteiger partial charge in [0.15, 0.2) is 0 Å². The molecule has 7 heteroatoms. The normalized spacial score (nSPS) is 16.8. The van der Waals surface area contributed by atoms with E-state index in [0.29, 0.717) is 18.4 Å². The summed E-state index contributed by atoms with van der Waals surface area (Å²) >= 11 is 0. The van der Waals surface area contributed by atoms with Gasteiger partial charge in [-0.05, 0) is 13.3 Å². The summed E-state index contributed by atoms with van der Waals surface area (Å²) in [6.07, 6.45) is 0.896. The van der Waals surface area contributed by atoms with Gasteiger partial charge >= 0.3 is 5.97 Å². The molecular weight excluding hydrogens is 260 g/mol. The van der Waals surface area contributed by atoms with Crippen molar-refractivity contribution in [2.24, 2.45) is 0 Å². The van der Waals surface area contributed by atoms with Crippen LogP contribution in [-0.2, 0) is 4.79 Å². The van der Waals surface area contributed by atoms with Crippen LogP contribution in [0.1, 0.15) is 12.1 Å². The molecule has 20 heavy (non-hydrogen) atoms. The molecule has 2 heterocycles. The topological polar surface area (TPSA) is 78.8 Å². The van der Waals surface area contributed by atoms with Gasteiger partial charge in [-0.3, -0.25) is 9.69 Å². The van der Waals surface area contributed by atoms with Crippen molar-refractivity contribution in [3.63, 3.8) is 0 Å². The number of methoxy groups -OCH3 is 1. The second-order valence-electron chi connectivity index (χ2n) is 4.86. The number of hydrogen-bond donors (Lipinski definition) is 1. The summed E-state index contributed by atoms with van der Waals surface area (Å²) in [7, 11) is 1.59. The van der Waals surface area contributed by atoms with Crippen molar-refractivity contribution in [3.8, 4) is 5.88 Å². The maximum absolute atomic E-state index is 10.8. The summed E-state index contributed by atoms with van der Waals surface area (Å²) in [5.74, 6) is 0.421. The summed E-state index contributed by atoms with van der Waals surface area (Å²) in [4.78, 5) is 23.6. The molecule has 0 aliphatic carbocycles. The predicted octanol–water partition coefficient (Wildman–Crippen LogP) is 0.390. The average molecular weight is 280 g/mol. The van der Waals surface area contributed by atoms with Crippen LogP contribution in [0.15, 0.2) is 6.07 Å². The van der Waals surface area contributed by atoms with Crippen molar-refractivity contribution in [3.05, 3.63) is 11.8 Å². The molecule has 7 nitrogen and oxygen atoms in total. The van der Waals surface area contributed by atoms with Crippen LogP contribution in [0.25, 0.3) is 0 Å². The van der Waals surface area contributed by atoms with E-state index in [-0.39, 0.29) is 6.54 Å². The Morgan fingerprint density at radius 1 is 1.35 bits per heavy atom. The molecule has 0 unspecified atom stereocenters. The molecule has 0 aromatic carbocycles. The number of nitrogens with zero attached hydrogens (tertiary/aromatic N) is 4. The first-order valence-corrected chi connectivity index (χ1v) is 6.67. The molecule has 1 aromatic rings. The van der Waals surface area contributed by atoms with Gasteiger partial charge in [0.1, 0.15) is 0 Å². The monoisotopic (exact) mass is 280 g/mol. The maximum Gasteiger partial charge on any atom is 0.317 e. The van der Waals surface area contributed by atoms with Gasteiger partial charge in [-0.25, -0.2) is 4.98 Å². The zero-order valence-electron chi connectivity index (χ0n) is 11.9. The molecule has 0 atom stereocenters. The fourth-order valence-corrected chi connectivity index (χ4v) is 2.29. The van der Waals surface area contributed by atoms with E-state index in [1.54, 1.807) is 13.2 Å². The van der Waals surface area contributed by atoms with E-state index < -0.39 is 5.97 Å². The Kier molecular flexibility index (Phi) is 4.73. The molecule has 1 N–H and O–H groups in total. The van der Waals surface area contributed by atoms with Gasteiger partial charge in [0.25, 0.3) is 0 Å². The fourth-order valence-electron chi connectivity index (χ4n) is 2.29. The summed E-state index contributed by atoms with van der Waals surface area (Å²) in [6.45, 7) is 5.02. The largest absolute Gasteiger partial charge is 0.481 e. The number of carbonyl (C=O) groups is 1. The zero-order valence-corrected chi connectivity index (χ0v) is 11.9. The fraction of sp³-hybridized carbons (Fsp3) is 0.615. The molecule has 1 fully saturated rings. The number of carboxylic acid groups (broad SMARTS) is 1. The Bertz CT molecular complexity index is 481. The van der Waals surface area contributed by atoms with Crippen LogP contribution in [0, 0.1) is 6.92 Å². The summed E-state index contributed by atoms with van der Waals surface area (Å²) in [5, 5.41) is 8.85. The number of aliphatic carboxylic acids is 1. The number of anilines is 1. The second kappa shape index (κ2) is 6.51. The lowest BCUT2D eigenvalue weighted by Crippen LogP contribution is -2.34. The van der Waals surface area contributed by atoms with Crippen molar-refractivity contribution < 1.29 is 14.6 Å². The van der Waals surface area contributed by atoms with Gasteiger partial charge in [-0.2, -0.15) is 4.98 Å². The molecule has 0 amide bonds. The van der Waals surface area contributed by atoms with E-state index in [1.807, 2.05) is 11.8 Å². The number of rotatable bonds is 4. The van der Waals surface area contributed by atoms with Gasteiger partial charge < -0.3 is 14.7 Å². The molecule has 0 bridgehead atoms. The van der Waals surface area contributed by atoms with Crippen molar-refractivity contribution >= 4 is 11.9 Å². The SMILES string of the molecule is COc1cc(C)nc(N2CCCN(CC(=O)O)CC2)n1. The second-order valence-corrected chi connectivity index (χ2v) is 4.86. The number of aromatic nitrogens is 2. The van der Waals surface area contributed by atoms with Gasteiger partial charge in [0.2, 0.25) is 11.8 Å². The summed E-state index contributed by atoms with van der Waals surface area (Å²) in [5.41, 5.74) is 0.860. The van der Waals surface area contributed by atoms with Crippen LogP contribution in [-0.4, -0.2) is 65.8 Å². The van der Waals surface area contributed by atoms with E-state index in [2.05, 4.69) is 14.9 Å². The highest BCUT2D eigenvalue weighted by Crippen LogP contribution is 2.16. The van der Waals surface area contributed by atoms with Gasteiger partial charge in [0, 0.05) is 37.9 Å². The number of hydrogen-bond acceptors (Lipinski definition) is 6. The van der Waals surface area contributed by atoms with Crippen LogP contribution in [0.5, 0.6) is 5.88 Å². The quantitative estimate of drug-likeness (QED) is 0.854. The van der Waals surface area contributed by atoms with Crippen LogP contribution in [0.4, 0.5) is 5.95 Å². The summed E-state index contributed by atoms with van der Waals surface area (Å²) < 4.78 is 5.17. The standard InChI is InChI=1S/C13H20N4O3/c1-10-8-11(20-2)15-13(14-10)17-5-3-4-16(6-7-17)9-12(18)19/h8H,3-7,9H2,1-2H3,(H,18,19). The molecular formula is C13H20N4O3. The first-order chi connectivity index (χ1) is 9.58. The number of ether oxygens (including phenoxy) is 1. The lowest BCUT2D eigenvalue weighted by Gasteiger charge is -2.21. The number of aryl methyl sites for hydroxylation is 1. The van der Waals surface area contributed by atoms with Gasteiger partial charge in [-0.1, -0.05) is 0 Å². The van der Waals surface area contributed by atoms with Crippen molar-refractivity contribution in [2.75, 3.05) is 44.7 Å². The smallest absolute Gasteiger partial charge is 0.317 e. The van der Waals surface area contributed by atoms with E-state index in [0.717, 1.165) is 31.7 Å². The molecule has 2 rings (SSSR count). The third-order valence-corrected chi connectivity index (χ3v) is 3.26. The van der Waals surface area contributed by atoms with Gasteiger partial charge in [-0.15, -0.1) is 0 Å². The highest BCUT2D eigenvalue weighted by Gasteiger charge is 2.19. The number of carboxylic acids is 1. The van der Waals surface area contributed by atoms with E-state index >= 15 is 0 Å². The van der Waals surface area contributed by atoms with Gasteiger partial charge in [0.05, 0.1) is 13.7 Å². The van der Waals surface area contributed by atoms with Crippen molar-refractivity contribution in [1.82, 2.24) is 14.9 Å². The highest BCUT2D eigenvalue weighted by atomic mass is 16.5. The third-order valence-electron chi connectivity index (χ3n) is 3.26. The first-order valence-electron chi connectivity index (χ1n) is 6.67. The zero-order chi connectivity index (χ0) is 14.5. The minimum absolute atomic E-state index is 0.0891. The van der Waals surface area contributed by atoms with Crippen molar-refractivity contribution in [2.45, 2.75) is 13.3 Å². The molecule has 110 valence electrons. The highest BCUT2D eigenvalue weighted by molar-refractivity contribution is 5.69. The summed E-state index contributed by atoms with van der Waals surface area (Å²) in [6, 6.07) is 1.79. The van der Waals surface area contributed by atoms with Crippen LogP contribution in [0.2, 0.25) is 0 Å². The van der Waals surface area contributed by atoms with E-state index in [1.165, 1.54) is 0 Å². The lowest BCUT2D eigenvalue weighted by molar-refractivity contribution is -0.138. The molecule has 1 aliphatic rings.